The third-order valence-electron chi connectivity index (χ3n) is 2.95. The van der Waals surface area contributed by atoms with Crippen molar-refractivity contribution in [3.05, 3.63) is 11.6 Å². The molecule has 0 aromatic heterocycles. The van der Waals surface area contributed by atoms with Crippen LogP contribution >= 0.6 is 0 Å². The summed E-state index contributed by atoms with van der Waals surface area (Å²) in [7, 11) is 0. The van der Waals surface area contributed by atoms with Gasteiger partial charge in [-0.1, -0.05) is 12.5 Å². The van der Waals surface area contributed by atoms with Crippen molar-refractivity contribution in [2.45, 2.75) is 25.7 Å². The number of carbonyl (C=O) groups is 1. The molecular weight excluding hydrogens is 140 g/mol. The van der Waals surface area contributed by atoms with Crippen molar-refractivity contribution in [3.8, 4) is 0 Å². The Kier molecular flexibility index (Phi) is 1.48. The van der Waals surface area contributed by atoms with Gasteiger partial charge >= 0.3 is 5.97 Å². The molecule has 2 nitrogen and oxygen atoms in total. The highest BCUT2D eigenvalue weighted by atomic mass is 16.4. The summed E-state index contributed by atoms with van der Waals surface area (Å²) in [5.74, 6) is 0.369. The third kappa shape index (κ3) is 0.971. The van der Waals surface area contributed by atoms with Gasteiger partial charge in [-0.25, -0.2) is 4.79 Å². The molecule has 0 aliphatic heterocycles. The van der Waals surface area contributed by atoms with Crippen LogP contribution in [0.4, 0.5) is 0 Å². The van der Waals surface area contributed by atoms with Gasteiger partial charge in [-0.2, -0.15) is 0 Å². The van der Waals surface area contributed by atoms with Gasteiger partial charge in [0, 0.05) is 5.57 Å². The predicted molar refractivity (Wildman–Crippen MR) is 41.2 cm³/mol. The van der Waals surface area contributed by atoms with Gasteiger partial charge in [-0.15, -0.1) is 0 Å². The van der Waals surface area contributed by atoms with Crippen molar-refractivity contribution >= 4 is 5.97 Å². The zero-order chi connectivity index (χ0) is 7.84. The number of carboxylic acids is 1. The first kappa shape index (κ1) is 6.89. The van der Waals surface area contributed by atoms with E-state index >= 15 is 0 Å². The molecule has 1 saturated carbocycles. The van der Waals surface area contributed by atoms with E-state index in [9.17, 15) is 4.79 Å². The molecule has 2 atom stereocenters. The topological polar surface area (TPSA) is 37.3 Å². The summed E-state index contributed by atoms with van der Waals surface area (Å²) in [6, 6.07) is 0. The van der Waals surface area contributed by atoms with Gasteiger partial charge in [0.2, 0.25) is 0 Å². The molecule has 0 unspecified atom stereocenters. The number of allylic oxidation sites excluding steroid dienone is 1. The Morgan fingerprint density at radius 3 is 3.09 bits per heavy atom. The van der Waals surface area contributed by atoms with Crippen molar-refractivity contribution in [2.24, 2.45) is 11.8 Å². The van der Waals surface area contributed by atoms with Crippen molar-refractivity contribution in [1.29, 1.82) is 0 Å². The fourth-order valence-electron chi connectivity index (χ4n) is 2.40. The maximum absolute atomic E-state index is 10.7. The summed E-state index contributed by atoms with van der Waals surface area (Å²) in [4.78, 5) is 10.7. The Labute approximate surface area is 65.9 Å². The van der Waals surface area contributed by atoms with E-state index in [2.05, 4.69) is 0 Å². The van der Waals surface area contributed by atoms with E-state index < -0.39 is 5.97 Å². The molecule has 2 aliphatic carbocycles. The minimum absolute atomic E-state index is 0.396. The van der Waals surface area contributed by atoms with E-state index in [4.69, 9.17) is 5.11 Å². The standard InChI is InChI=1S/C9H12O2/c10-9(11)8-5-4-6-2-1-3-7(6)8/h5-7H,1-4H2,(H,10,11)/t6-,7-/m1/s1. The molecule has 2 aliphatic rings. The van der Waals surface area contributed by atoms with Crippen LogP contribution in [0.25, 0.3) is 0 Å². The fraction of sp³-hybridized carbons (Fsp3) is 0.667. The molecule has 0 aromatic carbocycles. The first-order chi connectivity index (χ1) is 5.29. The normalized spacial score (nSPS) is 35.1. The minimum atomic E-state index is -0.695. The number of aliphatic carboxylic acids is 1. The second-order valence-electron chi connectivity index (χ2n) is 3.50. The lowest BCUT2D eigenvalue weighted by atomic mass is 9.95. The van der Waals surface area contributed by atoms with Crippen LogP contribution in [0, 0.1) is 11.8 Å². The monoisotopic (exact) mass is 152 g/mol. The van der Waals surface area contributed by atoms with Gasteiger partial charge in [-0.3, -0.25) is 0 Å². The van der Waals surface area contributed by atoms with Crippen LogP contribution in [-0.2, 0) is 4.79 Å². The van der Waals surface area contributed by atoms with Crippen molar-refractivity contribution in [3.63, 3.8) is 0 Å². The summed E-state index contributed by atoms with van der Waals surface area (Å²) in [5.41, 5.74) is 0.688. The Morgan fingerprint density at radius 2 is 2.36 bits per heavy atom. The van der Waals surface area contributed by atoms with Gasteiger partial charge in [0.25, 0.3) is 0 Å². The van der Waals surface area contributed by atoms with E-state index in [0.717, 1.165) is 12.8 Å². The van der Waals surface area contributed by atoms with Crippen LogP contribution in [0.2, 0.25) is 0 Å². The van der Waals surface area contributed by atoms with E-state index in [1.807, 2.05) is 6.08 Å². The van der Waals surface area contributed by atoms with E-state index in [0.29, 0.717) is 17.4 Å². The molecule has 60 valence electrons. The van der Waals surface area contributed by atoms with Crippen molar-refractivity contribution in [1.82, 2.24) is 0 Å². The molecule has 1 N–H and O–H groups in total. The van der Waals surface area contributed by atoms with Crippen LogP contribution in [0.1, 0.15) is 25.7 Å². The average Bonchev–Trinajstić information content (AvgIpc) is 2.41. The van der Waals surface area contributed by atoms with Crippen molar-refractivity contribution < 1.29 is 9.90 Å². The maximum atomic E-state index is 10.7. The van der Waals surface area contributed by atoms with E-state index in [-0.39, 0.29) is 0 Å². The fourth-order valence-corrected chi connectivity index (χ4v) is 2.40. The number of hydrogen-bond donors (Lipinski definition) is 1. The molecule has 0 saturated heterocycles. The van der Waals surface area contributed by atoms with Gasteiger partial charge in [-0.05, 0) is 31.1 Å². The lowest BCUT2D eigenvalue weighted by Crippen LogP contribution is -2.10. The highest BCUT2D eigenvalue weighted by Gasteiger charge is 2.36. The maximum Gasteiger partial charge on any atom is 0.331 e. The minimum Gasteiger partial charge on any atom is -0.478 e. The highest BCUT2D eigenvalue weighted by Crippen LogP contribution is 2.43. The Hall–Kier alpha value is -0.790. The first-order valence-electron chi connectivity index (χ1n) is 4.22. The Bertz CT molecular complexity index is 218. The van der Waals surface area contributed by atoms with Crippen molar-refractivity contribution in [2.75, 3.05) is 0 Å². The molecule has 0 amide bonds. The molecule has 2 heteroatoms. The summed E-state index contributed by atoms with van der Waals surface area (Å²) in [6.45, 7) is 0. The lowest BCUT2D eigenvalue weighted by Gasteiger charge is -2.09. The molecule has 0 aromatic rings. The molecule has 11 heavy (non-hydrogen) atoms. The smallest absolute Gasteiger partial charge is 0.331 e. The number of fused-ring (bicyclic) bond motifs is 1. The Morgan fingerprint density at radius 1 is 1.55 bits per heavy atom. The molecule has 0 bridgehead atoms. The van der Waals surface area contributed by atoms with Crippen LogP contribution < -0.4 is 0 Å². The predicted octanol–water partition coefficient (Wildman–Crippen LogP) is 1.82. The van der Waals surface area contributed by atoms with Crippen LogP contribution in [0.3, 0.4) is 0 Å². The van der Waals surface area contributed by atoms with E-state index in [1.165, 1.54) is 12.8 Å². The van der Waals surface area contributed by atoms with Gasteiger partial charge in [0.1, 0.15) is 0 Å². The largest absolute Gasteiger partial charge is 0.478 e. The summed E-state index contributed by atoms with van der Waals surface area (Å²) in [6.07, 6.45) is 6.48. The lowest BCUT2D eigenvalue weighted by molar-refractivity contribution is -0.133. The van der Waals surface area contributed by atoms with Gasteiger partial charge < -0.3 is 5.11 Å². The zero-order valence-electron chi connectivity index (χ0n) is 6.42. The second kappa shape index (κ2) is 2.36. The molecule has 0 spiro atoms. The molecule has 2 rings (SSSR count). The van der Waals surface area contributed by atoms with Crippen LogP contribution in [-0.4, -0.2) is 11.1 Å². The van der Waals surface area contributed by atoms with E-state index in [1.54, 1.807) is 0 Å². The quantitative estimate of drug-likeness (QED) is 0.622. The summed E-state index contributed by atoms with van der Waals surface area (Å²) >= 11 is 0. The zero-order valence-corrected chi connectivity index (χ0v) is 6.42. The third-order valence-corrected chi connectivity index (χ3v) is 2.95. The highest BCUT2D eigenvalue weighted by molar-refractivity contribution is 5.87. The van der Waals surface area contributed by atoms with Gasteiger partial charge in [0.05, 0.1) is 0 Å². The SMILES string of the molecule is O=C(O)C1=CC[C@H]2CCC[C@@H]12. The first-order valence-corrected chi connectivity index (χ1v) is 4.22. The molecule has 0 radical (unpaired) electrons. The Balaban J connectivity index is 2.18. The van der Waals surface area contributed by atoms with Crippen LogP contribution in [0.5, 0.6) is 0 Å². The number of hydrogen-bond acceptors (Lipinski definition) is 1. The molecule has 1 fully saturated rings. The second-order valence-corrected chi connectivity index (χ2v) is 3.50. The number of rotatable bonds is 1. The summed E-state index contributed by atoms with van der Waals surface area (Å²) in [5, 5.41) is 8.79. The summed E-state index contributed by atoms with van der Waals surface area (Å²) < 4.78 is 0. The number of carboxylic acid groups (broad SMARTS) is 1. The van der Waals surface area contributed by atoms with Crippen LogP contribution in [0.15, 0.2) is 11.6 Å². The molecule has 0 heterocycles. The average molecular weight is 152 g/mol. The van der Waals surface area contributed by atoms with Gasteiger partial charge in [0.15, 0.2) is 0 Å². The molecular formula is C9H12O2.